The molecule has 2 N–H and O–H groups in total. The molecule has 2 aliphatic heterocycles. The standard InChI is InChI=1S/C13H25N3O2S.2ClH/c1-10(2)12(16-3-5-18-6-4-16)7-14-13(17)11-8-19-9-15-11;;/h10-12,15H,3-9H2,1-2H3,(H,14,17);2*1H. The van der Waals surface area contributed by atoms with Crippen LogP contribution in [0.3, 0.4) is 0 Å². The minimum atomic E-state index is -0.0116. The van der Waals surface area contributed by atoms with Gasteiger partial charge in [0.15, 0.2) is 0 Å². The van der Waals surface area contributed by atoms with Crippen molar-refractivity contribution >= 4 is 42.5 Å². The number of nitrogens with zero attached hydrogens (tertiary/aromatic N) is 1. The number of hydrogen-bond acceptors (Lipinski definition) is 5. The van der Waals surface area contributed by atoms with Gasteiger partial charge in [0.25, 0.3) is 0 Å². The number of ether oxygens (including phenoxy) is 1. The molecule has 2 fully saturated rings. The van der Waals surface area contributed by atoms with Gasteiger partial charge in [-0.3, -0.25) is 15.0 Å². The highest BCUT2D eigenvalue weighted by atomic mass is 35.5. The zero-order chi connectivity index (χ0) is 13.7. The number of rotatable bonds is 5. The van der Waals surface area contributed by atoms with E-state index in [4.69, 9.17) is 4.74 Å². The molecule has 0 aromatic rings. The lowest BCUT2D eigenvalue weighted by Gasteiger charge is -2.37. The largest absolute Gasteiger partial charge is 0.379 e. The number of thioether (sulfide) groups is 1. The van der Waals surface area contributed by atoms with Gasteiger partial charge in [-0.25, -0.2) is 0 Å². The van der Waals surface area contributed by atoms with Crippen LogP contribution in [0.5, 0.6) is 0 Å². The first kappa shape index (κ1) is 21.3. The Morgan fingerprint density at radius 2 is 2.05 bits per heavy atom. The summed E-state index contributed by atoms with van der Waals surface area (Å²) in [5, 5.41) is 6.31. The topological polar surface area (TPSA) is 53.6 Å². The smallest absolute Gasteiger partial charge is 0.238 e. The van der Waals surface area contributed by atoms with Crippen molar-refractivity contribution in [1.82, 2.24) is 15.5 Å². The molecular weight excluding hydrogens is 333 g/mol. The Hall–Kier alpha value is 0.280. The Bertz CT molecular complexity index is 299. The summed E-state index contributed by atoms with van der Waals surface area (Å²) in [7, 11) is 0. The van der Waals surface area contributed by atoms with Crippen LogP contribution in [0, 0.1) is 5.92 Å². The molecule has 0 bridgehead atoms. The molecule has 8 heteroatoms. The fourth-order valence-electron chi connectivity index (χ4n) is 2.59. The summed E-state index contributed by atoms with van der Waals surface area (Å²) in [6, 6.07) is 0.393. The van der Waals surface area contributed by atoms with E-state index in [9.17, 15) is 4.79 Å². The monoisotopic (exact) mass is 359 g/mol. The van der Waals surface area contributed by atoms with Gasteiger partial charge in [0.05, 0.1) is 19.3 Å². The van der Waals surface area contributed by atoms with Crippen molar-refractivity contribution in [1.29, 1.82) is 0 Å². The summed E-state index contributed by atoms with van der Waals surface area (Å²) >= 11 is 1.78. The highest BCUT2D eigenvalue weighted by molar-refractivity contribution is 7.99. The molecule has 2 unspecified atom stereocenters. The average Bonchev–Trinajstić information content (AvgIpc) is 2.93. The third-order valence-electron chi connectivity index (χ3n) is 3.80. The number of morpholine rings is 1. The zero-order valence-electron chi connectivity index (χ0n) is 12.7. The summed E-state index contributed by atoms with van der Waals surface area (Å²) in [6.45, 7) is 8.72. The van der Waals surface area contributed by atoms with Crippen molar-refractivity contribution in [3.8, 4) is 0 Å². The average molecular weight is 360 g/mol. The molecule has 0 saturated carbocycles. The maximum absolute atomic E-state index is 12.0. The number of halogens is 2. The SMILES string of the molecule is CC(C)C(CNC(=O)C1CSCN1)N1CCOCC1.Cl.Cl. The van der Waals surface area contributed by atoms with E-state index in [1.165, 1.54) is 0 Å². The van der Waals surface area contributed by atoms with Crippen LogP contribution in [0.15, 0.2) is 0 Å². The maximum atomic E-state index is 12.0. The van der Waals surface area contributed by atoms with Crippen LogP contribution in [0.1, 0.15) is 13.8 Å². The second-order valence-electron chi connectivity index (χ2n) is 5.48. The molecule has 0 aromatic heterocycles. The van der Waals surface area contributed by atoms with E-state index >= 15 is 0 Å². The molecule has 2 rings (SSSR count). The number of carbonyl (C=O) groups excluding carboxylic acids is 1. The Labute approximate surface area is 144 Å². The predicted molar refractivity (Wildman–Crippen MR) is 92.8 cm³/mol. The zero-order valence-corrected chi connectivity index (χ0v) is 15.1. The highest BCUT2D eigenvalue weighted by Crippen LogP contribution is 2.13. The fraction of sp³-hybridized carbons (Fsp3) is 0.923. The molecule has 2 saturated heterocycles. The van der Waals surface area contributed by atoms with Crippen molar-refractivity contribution in [2.45, 2.75) is 25.9 Å². The first-order valence-corrected chi connectivity index (χ1v) is 8.24. The second kappa shape index (κ2) is 10.9. The van der Waals surface area contributed by atoms with E-state index < -0.39 is 0 Å². The highest BCUT2D eigenvalue weighted by Gasteiger charge is 2.27. The lowest BCUT2D eigenvalue weighted by atomic mass is 10.0. The van der Waals surface area contributed by atoms with Gasteiger partial charge in [0.2, 0.25) is 5.91 Å². The second-order valence-corrected chi connectivity index (χ2v) is 6.51. The molecular formula is C13H27Cl2N3O2S. The summed E-state index contributed by atoms with van der Waals surface area (Å²) < 4.78 is 5.39. The Kier molecular flexibility index (Phi) is 11.1. The summed E-state index contributed by atoms with van der Waals surface area (Å²) in [6.07, 6.45) is 0. The van der Waals surface area contributed by atoms with E-state index in [2.05, 4.69) is 29.4 Å². The quantitative estimate of drug-likeness (QED) is 0.765. The summed E-state index contributed by atoms with van der Waals surface area (Å²) in [5.41, 5.74) is 0. The van der Waals surface area contributed by atoms with E-state index in [0.29, 0.717) is 12.0 Å². The van der Waals surface area contributed by atoms with Gasteiger partial charge in [-0.2, -0.15) is 0 Å². The Morgan fingerprint density at radius 1 is 1.38 bits per heavy atom. The van der Waals surface area contributed by atoms with Crippen LogP contribution < -0.4 is 10.6 Å². The maximum Gasteiger partial charge on any atom is 0.238 e. The molecule has 0 aliphatic carbocycles. The minimum Gasteiger partial charge on any atom is -0.379 e. The number of carbonyl (C=O) groups is 1. The normalized spacial score (nSPS) is 24.0. The van der Waals surface area contributed by atoms with Crippen LogP contribution >= 0.6 is 36.6 Å². The molecule has 21 heavy (non-hydrogen) atoms. The van der Waals surface area contributed by atoms with E-state index in [-0.39, 0.29) is 36.8 Å². The van der Waals surface area contributed by atoms with E-state index in [1.54, 1.807) is 11.8 Å². The van der Waals surface area contributed by atoms with Crippen LogP contribution in [0.4, 0.5) is 0 Å². The molecule has 126 valence electrons. The van der Waals surface area contributed by atoms with Crippen LogP contribution in [-0.2, 0) is 9.53 Å². The van der Waals surface area contributed by atoms with Gasteiger partial charge in [-0.1, -0.05) is 13.8 Å². The number of hydrogen-bond donors (Lipinski definition) is 2. The van der Waals surface area contributed by atoms with Crippen molar-refractivity contribution in [2.75, 3.05) is 44.5 Å². The molecule has 2 atom stereocenters. The van der Waals surface area contributed by atoms with Crippen molar-refractivity contribution in [3.05, 3.63) is 0 Å². The third kappa shape index (κ3) is 6.50. The van der Waals surface area contributed by atoms with E-state index in [1.807, 2.05) is 0 Å². The van der Waals surface area contributed by atoms with Gasteiger partial charge < -0.3 is 10.1 Å². The van der Waals surface area contributed by atoms with Crippen LogP contribution in [0.2, 0.25) is 0 Å². The summed E-state index contributed by atoms with van der Waals surface area (Å²) in [4.78, 5) is 14.5. The Morgan fingerprint density at radius 3 is 2.57 bits per heavy atom. The van der Waals surface area contributed by atoms with Crippen LogP contribution in [0.25, 0.3) is 0 Å². The number of nitrogens with one attached hydrogen (secondary N) is 2. The molecule has 2 aliphatic rings. The van der Waals surface area contributed by atoms with Gasteiger partial charge in [-0.05, 0) is 5.92 Å². The number of amides is 1. The third-order valence-corrected chi connectivity index (χ3v) is 4.74. The van der Waals surface area contributed by atoms with Gasteiger partial charge in [0.1, 0.15) is 0 Å². The lowest BCUT2D eigenvalue weighted by molar-refractivity contribution is -0.122. The van der Waals surface area contributed by atoms with Gasteiger partial charge in [-0.15, -0.1) is 36.6 Å². The molecule has 1 amide bonds. The first-order chi connectivity index (χ1) is 9.18. The first-order valence-electron chi connectivity index (χ1n) is 7.09. The Balaban J connectivity index is 0.00000200. The fourth-order valence-corrected chi connectivity index (χ4v) is 3.53. The van der Waals surface area contributed by atoms with Gasteiger partial charge >= 0.3 is 0 Å². The predicted octanol–water partition coefficient (Wildman–Crippen LogP) is 0.966. The minimum absolute atomic E-state index is 0. The lowest BCUT2D eigenvalue weighted by Crippen LogP contribution is -2.53. The van der Waals surface area contributed by atoms with Gasteiger partial charge in [0, 0.05) is 37.3 Å². The van der Waals surface area contributed by atoms with Crippen molar-refractivity contribution in [2.24, 2.45) is 5.92 Å². The molecule has 2 heterocycles. The molecule has 0 radical (unpaired) electrons. The molecule has 0 aromatic carbocycles. The molecule has 0 spiro atoms. The summed E-state index contributed by atoms with van der Waals surface area (Å²) in [5.74, 6) is 2.44. The van der Waals surface area contributed by atoms with E-state index in [0.717, 1.165) is 44.5 Å². The molecule has 5 nitrogen and oxygen atoms in total. The van der Waals surface area contributed by atoms with Crippen molar-refractivity contribution < 1.29 is 9.53 Å². The van der Waals surface area contributed by atoms with Crippen molar-refractivity contribution in [3.63, 3.8) is 0 Å². The van der Waals surface area contributed by atoms with Crippen LogP contribution in [-0.4, -0.2) is 67.4 Å².